The first kappa shape index (κ1) is 16.4. The summed E-state index contributed by atoms with van der Waals surface area (Å²) in [6.07, 6.45) is 3.50. The molecule has 0 saturated heterocycles. The number of nitrogens with two attached hydrogens (primary N) is 1. The van der Waals surface area contributed by atoms with Crippen LogP contribution in [-0.2, 0) is 4.79 Å². The van der Waals surface area contributed by atoms with Crippen molar-refractivity contribution in [2.75, 3.05) is 32.7 Å². The topological polar surface area (TPSA) is 79.2 Å². The van der Waals surface area contributed by atoms with Crippen molar-refractivity contribution in [2.45, 2.75) is 39.2 Å². The third kappa shape index (κ3) is 13.3. The van der Waals surface area contributed by atoms with Gasteiger partial charge in [0.05, 0.1) is 6.54 Å². The summed E-state index contributed by atoms with van der Waals surface area (Å²) >= 11 is 0. The van der Waals surface area contributed by atoms with E-state index in [4.69, 9.17) is 5.73 Å². The molecule has 0 radical (unpaired) electrons. The molecule has 5 heteroatoms. The van der Waals surface area contributed by atoms with Crippen LogP contribution in [0.2, 0.25) is 0 Å². The van der Waals surface area contributed by atoms with Gasteiger partial charge in [0.1, 0.15) is 0 Å². The van der Waals surface area contributed by atoms with Crippen LogP contribution in [0, 0.1) is 0 Å². The fourth-order valence-corrected chi connectivity index (χ4v) is 1.42. The van der Waals surface area contributed by atoms with Gasteiger partial charge in [-0.25, -0.2) is 0 Å². The number of carbonyl (C=O) groups is 1. The maximum atomic E-state index is 11.2. The van der Waals surface area contributed by atoms with E-state index in [1.807, 2.05) is 0 Å². The predicted octanol–water partition coefficient (Wildman–Crippen LogP) is -0.181. The zero-order chi connectivity index (χ0) is 12.9. The number of amides is 1. The fraction of sp³-hybridized carbons (Fsp3) is 0.917. The van der Waals surface area contributed by atoms with Crippen molar-refractivity contribution < 1.29 is 4.79 Å². The second-order valence-corrected chi connectivity index (χ2v) is 4.48. The molecule has 0 aliphatic heterocycles. The Labute approximate surface area is 105 Å². The third-order valence-corrected chi connectivity index (χ3v) is 2.33. The van der Waals surface area contributed by atoms with E-state index in [-0.39, 0.29) is 5.91 Å². The molecule has 0 spiro atoms. The van der Waals surface area contributed by atoms with Gasteiger partial charge in [0.2, 0.25) is 5.91 Å². The van der Waals surface area contributed by atoms with Crippen molar-refractivity contribution in [3.05, 3.63) is 0 Å². The molecular weight excluding hydrogens is 216 g/mol. The van der Waals surface area contributed by atoms with E-state index in [0.717, 1.165) is 19.5 Å². The van der Waals surface area contributed by atoms with Crippen molar-refractivity contribution in [1.82, 2.24) is 16.0 Å². The van der Waals surface area contributed by atoms with Crippen molar-refractivity contribution in [1.29, 1.82) is 0 Å². The Kier molecular flexibility index (Phi) is 11.4. The molecule has 0 bridgehead atoms. The second kappa shape index (κ2) is 11.8. The van der Waals surface area contributed by atoms with Gasteiger partial charge in [-0.3, -0.25) is 4.79 Å². The zero-order valence-corrected chi connectivity index (χ0v) is 11.2. The molecule has 0 atom stereocenters. The standard InChI is InChI=1S/C12H28N4O/c1-11(2)15-8-5-3-4-7-14-10-12(17)16-9-6-13/h11,14-15H,3-10,13H2,1-2H3,(H,16,17). The van der Waals surface area contributed by atoms with Crippen LogP contribution in [0.5, 0.6) is 0 Å². The van der Waals surface area contributed by atoms with Crippen LogP contribution in [0.1, 0.15) is 33.1 Å². The number of unbranched alkanes of at least 4 members (excludes halogenated alkanes) is 2. The minimum Gasteiger partial charge on any atom is -0.354 e. The number of hydrogen-bond donors (Lipinski definition) is 4. The van der Waals surface area contributed by atoms with E-state index in [1.54, 1.807) is 0 Å². The van der Waals surface area contributed by atoms with E-state index < -0.39 is 0 Å². The summed E-state index contributed by atoms with van der Waals surface area (Å²) in [6.45, 7) is 7.73. The summed E-state index contributed by atoms with van der Waals surface area (Å²) in [4.78, 5) is 11.2. The molecule has 0 aliphatic carbocycles. The highest BCUT2D eigenvalue weighted by Crippen LogP contribution is 1.92. The summed E-state index contributed by atoms with van der Waals surface area (Å²) in [5.41, 5.74) is 5.28. The van der Waals surface area contributed by atoms with E-state index in [1.165, 1.54) is 12.8 Å². The molecule has 1 amide bonds. The normalized spacial score (nSPS) is 10.8. The molecule has 17 heavy (non-hydrogen) atoms. The molecule has 5 nitrogen and oxygen atoms in total. The smallest absolute Gasteiger partial charge is 0.234 e. The highest BCUT2D eigenvalue weighted by Gasteiger charge is 1.98. The maximum absolute atomic E-state index is 11.2. The minimum atomic E-state index is 0.0249. The van der Waals surface area contributed by atoms with Gasteiger partial charge in [0.15, 0.2) is 0 Å². The van der Waals surface area contributed by atoms with E-state index in [0.29, 0.717) is 25.7 Å². The summed E-state index contributed by atoms with van der Waals surface area (Å²) < 4.78 is 0. The van der Waals surface area contributed by atoms with Crippen LogP contribution in [0.15, 0.2) is 0 Å². The lowest BCUT2D eigenvalue weighted by Gasteiger charge is -2.08. The van der Waals surface area contributed by atoms with E-state index >= 15 is 0 Å². The zero-order valence-electron chi connectivity index (χ0n) is 11.2. The Morgan fingerprint density at radius 3 is 2.47 bits per heavy atom. The van der Waals surface area contributed by atoms with Gasteiger partial charge in [-0.1, -0.05) is 20.3 Å². The highest BCUT2D eigenvalue weighted by molar-refractivity contribution is 5.77. The van der Waals surface area contributed by atoms with Crippen LogP contribution >= 0.6 is 0 Å². The molecule has 5 N–H and O–H groups in total. The van der Waals surface area contributed by atoms with Crippen LogP contribution < -0.4 is 21.7 Å². The average molecular weight is 244 g/mol. The molecule has 102 valence electrons. The van der Waals surface area contributed by atoms with Crippen LogP contribution in [-0.4, -0.2) is 44.7 Å². The number of carbonyl (C=O) groups excluding carboxylic acids is 1. The molecule has 0 unspecified atom stereocenters. The quantitative estimate of drug-likeness (QED) is 0.380. The second-order valence-electron chi connectivity index (χ2n) is 4.48. The SMILES string of the molecule is CC(C)NCCCCCNCC(=O)NCCN. The lowest BCUT2D eigenvalue weighted by Crippen LogP contribution is -2.36. The average Bonchev–Trinajstić information content (AvgIpc) is 2.29. The Bertz CT molecular complexity index is 185. The van der Waals surface area contributed by atoms with Gasteiger partial charge >= 0.3 is 0 Å². The Morgan fingerprint density at radius 1 is 1.12 bits per heavy atom. The van der Waals surface area contributed by atoms with Crippen LogP contribution in [0.4, 0.5) is 0 Å². The van der Waals surface area contributed by atoms with Gasteiger partial charge in [0, 0.05) is 19.1 Å². The van der Waals surface area contributed by atoms with Crippen molar-refractivity contribution >= 4 is 5.91 Å². The molecule has 0 aliphatic rings. The first-order chi connectivity index (χ1) is 8.16. The molecule has 0 aromatic heterocycles. The van der Waals surface area contributed by atoms with Gasteiger partial charge in [-0.2, -0.15) is 0 Å². The monoisotopic (exact) mass is 244 g/mol. The van der Waals surface area contributed by atoms with Gasteiger partial charge in [0.25, 0.3) is 0 Å². The first-order valence-electron chi connectivity index (χ1n) is 6.57. The molecule has 0 saturated carbocycles. The Balaban J connectivity index is 3.10. The van der Waals surface area contributed by atoms with E-state index in [2.05, 4.69) is 29.8 Å². The lowest BCUT2D eigenvalue weighted by molar-refractivity contribution is -0.120. The Morgan fingerprint density at radius 2 is 1.82 bits per heavy atom. The van der Waals surface area contributed by atoms with Gasteiger partial charge in [-0.15, -0.1) is 0 Å². The largest absolute Gasteiger partial charge is 0.354 e. The predicted molar refractivity (Wildman–Crippen MR) is 71.9 cm³/mol. The van der Waals surface area contributed by atoms with Gasteiger partial charge < -0.3 is 21.7 Å². The minimum absolute atomic E-state index is 0.0249. The van der Waals surface area contributed by atoms with Crippen molar-refractivity contribution in [3.63, 3.8) is 0 Å². The number of hydrogen-bond acceptors (Lipinski definition) is 4. The van der Waals surface area contributed by atoms with Crippen molar-refractivity contribution in [2.24, 2.45) is 5.73 Å². The molecule has 0 rings (SSSR count). The highest BCUT2D eigenvalue weighted by atomic mass is 16.1. The molecule has 0 heterocycles. The van der Waals surface area contributed by atoms with Crippen molar-refractivity contribution in [3.8, 4) is 0 Å². The summed E-state index contributed by atoms with van der Waals surface area (Å²) in [6, 6.07) is 0.569. The lowest BCUT2D eigenvalue weighted by atomic mass is 10.2. The summed E-state index contributed by atoms with van der Waals surface area (Å²) in [5, 5.41) is 9.22. The van der Waals surface area contributed by atoms with Crippen LogP contribution in [0.25, 0.3) is 0 Å². The number of rotatable bonds is 11. The molecule has 0 aromatic rings. The summed E-state index contributed by atoms with van der Waals surface area (Å²) in [7, 11) is 0. The fourth-order valence-electron chi connectivity index (χ4n) is 1.42. The Hall–Kier alpha value is -0.650. The summed E-state index contributed by atoms with van der Waals surface area (Å²) in [5.74, 6) is 0.0249. The molecular formula is C12H28N4O. The van der Waals surface area contributed by atoms with E-state index in [9.17, 15) is 4.79 Å². The first-order valence-corrected chi connectivity index (χ1v) is 6.57. The van der Waals surface area contributed by atoms with Gasteiger partial charge in [-0.05, 0) is 25.9 Å². The number of nitrogens with one attached hydrogen (secondary N) is 3. The van der Waals surface area contributed by atoms with Crippen LogP contribution in [0.3, 0.4) is 0 Å². The molecule has 0 aromatic carbocycles. The molecule has 0 fully saturated rings. The maximum Gasteiger partial charge on any atom is 0.234 e. The third-order valence-electron chi connectivity index (χ3n) is 2.33.